The standard InChI is InChI=1S/C25H28N6O5/c1-15-7-5-6-8-20(15)36-14-18(32)13-31-21-22(30(3)25(34)27-23(21)33)26-24(31)29-28-16(2)17-9-11-19(35-4)12-10-17/h5-12,18,32H,13-14H2,1-4H3,(H,26,29)(H,27,33,34). The Morgan fingerprint density at radius 3 is 2.61 bits per heavy atom. The molecular formula is C25H28N6O5. The van der Waals surface area contributed by atoms with Crippen molar-refractivity contribution in [1.82, 2.24) is 19.1 Å². The van der Waals surface area contributed by atoms with Gasteiger partial charge in [0.05, 0.1) is 19.4 Å². The van der Waals surface area contributed by atoms with Crippen LogP contribution in [0.25, 0.3) is 11.2 Å². The first-order chi connectivity index (χ1) is 17.3. The largest absolute Gasteiger partial charge is 0.497 e. The molecule has 0 spiro atoms. The number of imidazole rings is 1. The number of anilines is 1. The lowest BCUT2D eigenvalue weighted by Crippen LogP contribution is -2.30. The molecule has 0 aliphatic heterocycles. The van der Waals surface area contributed by atoms with Crippen molar-refractivity contribution in [2.45, 2.75) is 26.5 Å². The fraction of sp³-hybridized carbons (Fsp3) is 0.280. The summed E-state index contributed by atoms with van der Waals surface area (Å²) in [5.41, 5.74) is 4.41. The third kappa shape index (κ3) is 5.15. The summed E-state index contributed by atoms with van der Waals surface area (Å²) < 4.78 is 13.7. The third-order valence-electron chi connectivity index (χ3n) is 5.76. The van der Waals surface area contributed by atoms with Crippen molar-refractivity contribution in [3.63, 3.8) is 0 Å². The van der Waals surface area contributed by atoms with E-state index < -0.39 is 17.4 Å². The maximum atomic E-state index is 12.7. The average Bonchev–Trinajstić information content (AvgIpc) is 3.24. The van der Waals surface area contributed by atoms with E-state index >= 15 is 0 Å². The predicted octanol–water partition coefficient (Wildman–Crippen LogP) is 2.02. The Balaban J connectivity index is 1.64. The Labute approximate surface area is 206 Å². The van der Waals surface area contributed by atoms with Gasteiger partial charge in [0, 0.05) is 7.05 Å². The van der Waals surface area contributed by atoms with Crippen LogP contribution in [-0.4, -0.2) is 49.7 Å². The Kier molecular flexibility index (Phi) is 7.20. The van der Waals surface area contributed by atoms with Gasteiger partial charge in [-0.2, -0.15) is 10.1 Å². The highest BCUT2D eigenvalue weighted by Crippen LogP contribution is 2.19. The van der Waals surface area contributed by atoms with Crippen LogP contribution in [0.2, 0.25) is 0 Å². The Morgan fingerprint density at radius 2 is 1.92 bits per heavy atom. The number of para-hydroxylation sites is 1. The van der Waals surface area contributed by atoms with Gasteiger partial charge in [0.15, 0.2) is 11.2 Å². The van der Waals surface area contributed by atoms with E-state index in [1.54, 1.807) is 7.11 Å². The molecule has 4 rings (SSSR count). The van der Waals surface area contributed by atoms with Gasteiger partial charge in [-0.05, 0) is 55.3 Å². The van der Waals surface area contributed by atoms with Crippen molar-refractivity contribution in [3.8, 4) is 11.5 Å². The molecule has 0 radical (unpaired) electrons. The van der Waals surface area contributed by atoms with Gasteiger partial charge in [-0.1, -0.05) is 18.2 Å². The number of benzene rings is 2. The topological polar surface area (TPSA) is 136 Å². The first-order valence-corrected chi connectivity index (χ1v) is 11.3. The number of nitrogens with one attached hydrogen (secondary N) is 2. The highest BCUT2D eigenvalue weighted by molar-refractivity contribution is 5.99. The predicted molar refractivity (Wildman–Crippen MR) is 137 cm³/mol. The number of rotatable bonds is 9. The summed E-state index contributed by atoms with van der Waals surface area (Å²) in [6, 6.07) is 14.9. The number of H-pyrrole nitrogens is 1. The van der Waals surface area contributed by atoms with Gasteiger partial charge in [0.1, 0.15) is 24.2 Å². The maximum Gasteiger partial charge on any atom is 0.329 e. The van der Waals surface area contributed by atoms with Crippen LogP contribution >= 0.6 is 0 Å². The second-order valence-corrected chi connectivity index (χ2v) is 8.30. The summed E-state index contributed by atoms with van der Waals surface area (Å²) in [7, 11) is 3.10. The summed E-state index contributed by atoms with van der Waals surface area (Å²) in [6.45, 7) is 3.69. The second-order valence-electron chi connectivity index (χ2n) is 8.30. The van der Waals surface area contributed by atoms with Gasteiger partial charge in [0.2, 0.25) is 5.95 Å². The molecular weight excluding hydrogens is 464 g/mol. The minimum atomic E-state index is -0.981. The fourth-order valence-electron chi connectivity index (χ4n) is 3.70. The minimum absolute atomic E-state index is 0.0121. The highest BCUT2D eigenvalue weighted by Gasteiger charge is 2.20. The van der Waals surface area contributed by atoms with E-state index in [4.69, 9.17) is 9.47 Å². The Morgan fingerprint density at radius 1 is 1.19 bits per heavy atom. The molecule has 11 nitrogen and oxygen atoms in total. The second kappa shape index (κ2) is 10.5. The van der Waals surface area contributed by atoms with E-state index in [-0.39, 0.29) is 30.3 Å². The summed E-state index contributed by atoms with van der Waals surface area (Å²) >= 11 is 0. The molecule has 4 aromatic rings. The molecule has 2 aromatic heterocycles. The molecule has 188 valence electrons. The van der Waals surface area contributed by atoms with E-state index in [2.05, 4.69) is 20.5 Å². The Hall–Kier alpha value is -4.38. The molecule has 3 N–H and O–H groups in total. The third-order valence-corrected chi connectivity index (χ3v) is 5.76. The van der Waals surface area contributed by atoms with Crippen LogP contribution in [0.1, 0.15) is 18.1 Å². The number of hydrogen-bond donors (Lipinski definition) is 3. The van der Waals surface area contributed by atoms with E-state index in [0.717, 1.165) is 16.9 Å². The van der Waals surface area contributed by atoms with Crippen molar-refractivity contribution >= 4 is 22.8 Å². The number of hydrogen-bond acceptors (Lipinski definition) is 8. The number of aliphatic hydroxyl groups excluding tert-OH is 1. The molecule has 2 aromatic carbocycles. The molecule has 0 fully saturated rings. The van der Waals surface area contributed by atoms with Crippen LogP contribution in [-0.2, 0) is 13.6 Å². The van der Waals surface area contributed by atoms with Gasteiger partial charge in [-0.25, -0.2) is 10.2 Å². The average molecular weight is 493 g/mol. The summed E-state index contributed by atoms with van der Waals surface area (Å²) in [6.07, 6.45) is -0.981. The zero-order valence-corrected chi connectivity index (χ0v) is 20.5. The maximum absolute atomic E-state index is 12.7. The van der Waals surface area contributed by atoms with Gasteiger partial charge >= 0.3 is 5.69 Å². The van der Waals surface area contributed by atoms with Crippen LogP contribution in [0, 0.1) is 6.92 Å². The quantitative estimate of drug-likeness (QED) is 0.240. The van der Waals surface area contributed by atoms with Crippen LogP contribution in [0.15, 0.2) is 63.2 Å². The normalized spacial score (nSPS) is 12.5. The number of methoxy groups -OCH3 is 1. The number of hydrazone groups is 1. The van der Waals surface area contributed by atoms with Crippen LogP contribution in [0.3, 0.4) is 0 Å². The molecule has 0 aliphatic carbocycles. The van der Waals surface area contributed by atoms with Gasteiger partial charge < -0.3 is 19.1 Å². The van der Waals surface area contributed by atoms with Crippen LogP contribution in [0.5, 0.6) is 11.5 Å². The number of ether oxygens (including phenoxy) is 2. The number of aromatic nitrogens is 4. The van der Waals surface area contributed by atoms with Crippen LogP contribution < -0.4 is 26.1 Å². The Bertz CT molecular complexity index is 1520. The molecule has 0 saturated carbocycles. The number of nitrogens with zero attached hydrogens (tertiary/aromatic N) is 4. The van der Waals surface area contributed by atoms with Crippen molar-refractivity contribution in [2.75, 3.05) is 19.1 Å². The lowest BCUT2D eigenvalue weighted by Gasteiger charge is -2.16. The van der Waals surface area contributed by atoms with Gasteiger partial charge in [0.25, 0.3) is 5.56 Å². The van der Waals surface area contributed by atoms with E-state index in [1.165, 1.54) is 16.2 Å². The van der Waals surface area contributed by atoms with Crippen molar-refractivity contribution in [1.29, 1.82) is 0 Å². The van der Waals surface area contributed by atoms with E-state index in [1.807, 2.05) is 62.4 Å². The fourth-order valence-corrected chi connectivity index (χ4v) is 3.70. The molecule has 2 heterocycles. The monoisotopic (exact) mass is 492 g/mol. The van der Waals surface area contributed by atoms with Gasteiger partial charge in [-0.3, -0.25) is 14.3 Å². The van der Waals surface area contributed by atoms with Crippen LogP contribution in [0.4, 0.5) is 5.95 Å². The minimum Gasteiger partial charge on any atom is -0.497 e. The zero-order chi connectivity index (χ0) is 25.8. The highest BCUT2D eigenvalue weighted by atomic mass is 16.5. The summed E-state index contributed by atoms with van der Waals surface area (Å²) in [5.74, 6) is 1.58. The smallest absolute Gasteiger partial charge is 0.329 e. The number of aryl methyl sites for hydroxylation is 2. The first kappa shape index (κ1) is 24.7. The van der Waals surface area contributed by atoms with Crippen molar-refractivity contribution in [3.05, 3.63) is 80.5 Å². The number of fused-ring (bicyclic) bond motifs is 1. The molecule has 0 saturated heterocycles. The zero-order valence-electron chi connectivity index (χ0n) is 20.5. The van der Waals surface area contributed by atoms with Crippen molar-refractivity contribution < 1.29 is 14.6 Å². The molecule has 36 heavy (non-hydrogen) atoms. The summed E-state index contributed by atoms with van der Waals surface area (Å²) in [5, 5.41) is 15.1. The number of aromatic amines is 1. The molecule has 1 atom stereocenters. The molecule has 11 heteroatoms. The van der Waals surface area contributed by atoms with Crippen molar-refractivity contribution in [2.24, 2.45) is 12.1 Å². The lowest BCUT2D eigenvalue weighted by atomic mass is 10.1. The molecule has 0 bridgehead atoms. The first-order valence-electron chi connectivity index (χ1n) is 11.3. The van der Waals surface area contributed by atoms with Gasteiger partial charge in [-0.15, -0.1) is 0 Å². The summed E-state index contributed by atoms with van der Waals surface area (Å²) in [4.78, 5) is 31.5. The molecule has 1 unspecified atom stereocenters. The SMILES string of the molecule is COc1ccc(C(C)=NNc2nc3c(c(=O)[nH]c(=O)n3C)n2CC(O)COc2ccccc2C)cc1. The van der Waals surface area contributed by atoms with E-state index in [0.29, 0.717) is 11.5 Å². The number of aliphatic hydroxyl groups is 1. The van der Waals surface area contributed by atoms with E-state index in [9.17, 15) is 14.7 Å². The molecule has 0 amide bonds. The lowest BCUT2D eigenvalue weighted by molar-refractivity contribution is 0.0935. The molecule has 0 aliphatic rings.